The van der Waals surface area contributed by atoms with Crippen LogP contribution in [-0.2, 0) is 16.8 Å². The zero-order chi connectivity index (χ0) is 17.6. The normalized spacial score (nSPS) is 20.4. The van der Waals surface area contributed by atoms with Gasteiger partial charge in [-0.3, -0.25) is 9.79 Å². The van der Waals surface area contributed by atoms with Gasteiger partial charge in [-0.2, -0.15) is 0 Å². The van der Waals surface area contributed by atoms with Crippen molar-refractivity contribution in [3.8, 4) is 0 Å². The highest BCUT2D eigenvalue weighted by molar-refractivity contribution is 6.17. The molecule has 1 aromatic heterocycles. The molecule has 1 amide bonds. The molecule has 2 aliphatic heterocycles. The van der Waals surface area contributed by atoms with Crippen molar-refractivity contribution in [3.63, 3.8) is 0 Å². The third kappa shape index (κ3) is 2.03. The summed E-state index contributed by atoms with van der Waals surface area (Å²) in [4.78, 5) is 19.5. The molecule has 3 aromatic rings. The highest BCUT2D eigenvalue weighted by atomic mass is 16.1. The van der Waals surface area contributed by atoms with Gasteiger partial charge in [0.15, 0.2) is 0 Å². The molecule has 5 heteroatoms. The number of fused-ring (bicyclic) bond motifs is 7. The van der Waals surface area contributed by atoms with Crippen molar-refractivity contribution in [1.82, 2.24) is 10.3 Å². The second-order valence-corrected chi connectivity index (χ2v) is 6.90. The van der Waals surface area contributed by atoms with Crippen LogP contribution in [-0.4, -0.2) is 30.2 Å². The second kappa shape index (κ2) is 5.73. The minimum absolute atomic E-state index is 0.440. The van der Waals surface area contributed by atoms with Gasteiger partial charge in [0.1, 0.15) is 5.54 Å². The van der Waals surface area contributed by atoms with E-state index >= 15 is 0 Å². The number of rotatable bonds is 4. The van der Waals surface area contributed by atoms with Crippen LogP contribution in [0, 0.1) is 0 Å². The molecule has 0 radical (unpaired) electrons. The lowest BCUT2D eigenvalue weighted by Crippen LogP contribution is -2.42. The van der Waals surface area contributed by atoms with E-state index in [1.807, 2.05) is 6.07 Å². The third-order valence-electron chi connectivity index (χ3n) is 5.53. The highest BCUT2D eigenvalue weighted by Crippen LogP contribution is 2.45. The quantitative estimate of drug-likeness (QED) is 0.503. The molecule has 5 rings (SSSR count). The predicted molar refractivity (Wildman–Crippen MR) is 104 cm³/mol. The molecule has 0 spiro atoms. The fraction of sp³-hybridized carbons (Fsp3) is 0.238. The number of amides is 1. The summed E-state index contributed by atoms with van der Waals surface area (Å²) >= 11 is 0. The van der Waals surface area contributed by atoms with Crippen molar-refractivity contribution in [1.29, 1.82) is 0 Å². The number of nitrogens with one attached hydrogen (secondary N) is 3. The van der Waals surface area contributed by atoms with Crippen LogP contribution >= 0.6 is 0 Å². The molecule has 0 bridgehead atoms. The smallest absolute Gasteiger partial charge is 0.207 e. The number of hydrogen-bond acceptors (Lipinski definition) is 3. The first kappa shape index (κ1) is 15.2. The first-order valence-electron chi connectivity index (χ1n) is 9.03. The average molecular weight is 344 g/mol. The van der Waals surface area contributed by atoms with Crippen molar-refractivity contribution in [2.45, 2.75) is 18.4 Å². The molecule has 0 fully saturated rings. The van der Waals surface area contributed by atoms with Crippen molar-refractivity contribution in [2.75, 3.05) is 18.4 Å². The Bertz CT molecular complexity index is 1040. The van der Waals surface area contributed by atoms with E-state index in [-0.39, 0.29) is 0 Å². The van der Waals surface area contributed by atoms with Crippen LogP contribution in [0.3, 0.4) is 0 Å². The summed E-state index contributed by atoms with van der Waals surface area (Å²) in [5.74, 6) is 0. The minimum atomic E-state index is -0.440. The summed E-state index contributed by atoms with van der Waals surface area (Å²) in [5, 5.41) is 7.84. The van der Waals surface area contributed by atoms with Crippen LogP contribution in [0.4, 0.5) is 5.69 Å². The van der Waals surface area contributed by atoms with Gasteiger partial charge in [0.05, 0.1) is 11.4 Å². The largest absolute Gasteiger partial charge is 0.369 e. The lowest BCUT2D eigenvalue weighted by molar-refractivity contribution is -0.109. The van der Waals surface area contributed by atoms with E-state index in [2.05, 4.69) is 58.1 Å². The predicted octanol–water partition coefficient (Wildman–Crippen LogP) is 2.97. The maximum atomic E-state index is 10.8. The number of nitrogens with zero attached hydrogens (tertiary/aromatic N) is 1. The summed E-state index contributed by atoms with van der Waals surface area (Å²) in [6.07, 6.45) is 2.41. The third-order valence-corrected chi connectivity index (χ3v) is 5.53. The number of aromatic nitrogens is 1. The standard InChI is InChI=1S/C21H20N4O/c26-13-22-12-10-21-19(16-6-2-4-8-18(16)25-21)23-11-9-15-14-5-1-3-7-17(14)24-20(15)21/h1-8,13,24-25H,9-12H2,(H,22,26). The molecule has 26 heavy (non-hydrogen) atoms. The lowest BCUT2D eigenvalue weighted by Gasteiger charge is -2.30. The number of benzene rings is 2. The summed E-state index contributed by atoms with van der Waals surface area (Å²) in [5.41, 5.74) is 6.55. The number of carbonyl (C=O) groups is 1. The molecule has 1 atom stereocenters. The molecule has 5 nitrogen and oxygen atoms in total. The number of para-hydroxylation sites is 2. The Labute approximate surface area is 151 Å². The fourth-order valence-electron chi connectivity index (χ4n) is 4.45. The zero-order valence-corrected chi connectivity index (χ0v) is 14.4. The molecule has 130 valence electrons. The number of H-pyrrole nitrogens is 1. The highest BCUT2D eigenvalue weighted by Gasteiger charge is 2.47. The molecule has 3 N–H and O–H groups in total. The summed E-state index contributed by atoms with van der Waals surface area (Å²) in [6, 6.07) is 16.8. The number of carbonyl (C=O) groups excluding carboxylic acids is 1. The average Bonchev–Trinajstić information content (AvgIpc) is 3.15. The van der Waals surface area contributed by atoms with E-state index in [9.17, 15) is 4.79 Å². The van der Waals surface area contributed by atoms with Gasteiger partial charge in [0.25, 0.3) is 0 Å². The Morgan fingerprint density at radius 1 is 1.15 bits per heavy atom. The van der Waals surface area contributed by atoms with Crippen LogP contribution in [0.15, 0.2) is 53.5 Å². The number of anilines is 1. The van der Waals surface area contributed by atoms with Crippen molar-refractivity contribution < 1.29 is 4.79 Å². The number of aliphatic imine (C=N–C) groups is 1. The summed E-state index contributed by atoms with van der Waals surface area (Å²) in [6.45, 7) is 1.35. The van der Waals surface area contributed by atoms with Gasteiger partial charge in [0.2, 0.25) is 6.41 Å². The molecule has 3 heterocycles. The second-order valence-electron chi connectivity index (χ2n) is 6.90. The van der Waals surface area contributed by atoms with Gasteiger partial charge < -0.3 is 15.6 Å². The zero-order valence-electron chi connectivity index (χ0n) is 14.4. The van der Waals surface area contributed by atoms with Crippen LogP contribution in [0.2, 0.25) is 0 Å². The van der Waals surface area contributed by atoms with Crippen molar-refractivity contribution in [2.24, 2.45) is 4.99 Å². The molecule has 1 unspecified atom stereocenters. The van der Waals surface area contributed by atoms with Crippen molar-refractivity contribution in [3.05, 3.63) is 65.4 Å². The summed E-state index contributed by atoms with van der Waals surface area (Å²) < 4.78 is 0. The van der Waals surface area contributed by atoms with Crippen molar-refractivity contribution >= 4 is 28.7 Å². The molecular weight excluding hydrogens is 324 g/mol. The monoisotopic (exact) mass is 344 g/mol. The van der Waals surface area contributed by atoms with Gasteiger partial charge >= 0.3 is 0 Å². The van der Waals surface area contributed by atoms with E-state index in [0.717, 1.165) is 48.3 Å². The van der Waals surface area contributed by atoms with Crippen LogP contribution in [0.5, 0.6) is 0 Å². The van der Waals surface area contributed by atoms with Gasteiger partial charge in [-0.25, -0.2) is 0 Å². The Hall–Kier alpha value is -3.08. The van der Waals surface area contributed by atoms with Gasteiger partial charge in [-0.15, -0.1) is 0 Å². The molecule has 0 saturated carbocycles. The Morgan fingerprint density at radius 2 is 2.00 bits per heavy atom. The maximum Gasteiger partial charge on any atom is 0.207 e. The first-order chi connectivity index (χ1) is 12.8. The first-order valence-corrected chi connectivity index (χ1v) is 9.03. The van der Waals surface area contributed by atoms with E-state index < -0.39 is 5.54 Å². The van der Waals surface area contributed by atoms with E-state index in [4.69, 9.17) is 4.99 Å². The van der Waals surface area contributed by atoms with Gasteiger partial charge in [0, 0.05) is 35.2 Å². The Kier molecular flexibility index (Phi) is 3.35. The minimum Gasteiger partial charge on any atom is -0.369 e. The van der Waals surface area contributed by atoms with Crippen LogP contribution in [0.1, 0.15) is 23.2 Å². The molecule has 2 aromatic carbocycles. The van der Waals surface area contributed by atoms with E-state index in [1.54, 1.807) is 0 Å². The van der Waals surface area contributed by atoms with Gasteiger partial charge in [-0.1, -0.05) is 36.4 Å². The maximum absolute atomic E-state index is 10.8. The Balaban J connectivity index is 1.75. The molecule has 0 aliphatic carbocycles. The molecule has 2 aliphatic rings. The number of aromatic amines is 1. The summed E-state index contributed by atoms with van der Waals surface area (Å²) in [7, 11) is 0. The topological polar surface area (TPSA) is 69.3 Å². The fourth-order valence-corrected chi connectivity index (χ4v) is 4.45. The number of hydrogen-bond donors (Lipinski definition) is 3. The Morgan fingerprint density at radius 3 is 2.92 bits per heavy atom. The van der Waals surface area contributed by atoms with E-state index in [1.165, 1.54) is 16.6 Å². The molecule has 0 saturated heterocycles. The molecular formula is C21H20N4O. The lowest BCUT2D eigenvalue weighted by atomic mass is 9.84. The van der Waals surface area contributed by atoms with Crippen LogP contribution in [0.25, 0.3) is 10.9 Å². The SMILES string of the molecule is O=CNCCC12Nc3ccccc3C1=NCCc1c2[nH]c2ccccc12. The van der Waals surface area contributed by atoms with Crippen LogP contribution < -0.4 is 10.6 Å². The van der Waals surface area contributed by atoms with E-state index in [0.29, 0.717) is 6.54 Å². The van der Waals surface area contributed by atoms with Gasteiger partial charge in [-0.05, 0) is 30.5 Å².